The Hall–Kier alpha value is -4.53. The number of thiazole rings is 2. The predicted molar refractivity (Wildman–Crippen MR) is 194 cm³/mol. The number of halogens is 3. The number of aromatic carboxylic acids is 1. The molecule has 0 aliphatic rings. The van der Waals surface area contributed by atoms with Crippen molar-refractivity contribution in [3.05, 3.63) is 163 Å². The van der Waals surface area contributed by atoms with Crippen molar-refractivity contribution in [1.29, 1.82) is 0 Å². The number of alkyl halides is 3. The maximum atomic E-state index is 13.2. The van der Waals surface area contributed by atoms with E-state index in [-0.39, 0.29) is 60.6 Å². The molecule has 0 saturated carbocycles. The van der Waals surface area contributed by atoms with Gasteiger partial charge in [0.1, 0.15) is 24.7 Å². The van der Waals surface area contributed by atoms with Crippen LogP contribution in [0.2, 0.25) is 0 Å². The van der Waals surface area contributed by atoms with Gasteiger partial charge in [-0.1, -0.05) is 78.4 Å². The van der Waals surface area contributed by atoms with Crippen LogP contribution in [0, 0.1) is 6.92 Å². The van der Waals surface area contributed by atoms with Gasteiger partial charge in [-0.25, -0.2) is 14.8 Å². The fraction of sp³-hybridized carbons (Fsp3) is 0.200. The summed E-state index contributed by atoms with van der Waals surface area (Å²) in [5.41, 5.74) is 3.82. The molecule has 6 aromatic rings. The van der Waals surface area contributed by atoms with Crippen molar-refractivity contribution in [2.24, 2.45) is 0 Å². The summed E-state index contributed by atoms with van der Waals surface area (Å²) in [5, 5.41) is 15.1. The second kappa shape index (κ2) is 20.2. The monoisotopic (exact) mass is 782 g/mol. The topological polar surface area (TPSA) is 111 Å². The first-order valence-corrected chi connectivity index (χ1v) is 18.1. The Morgan fingerprint density at radius 1 is 0.722 bits per heavy atom. The minimum absolute atomic E-state index is 0. The molecule has 2 aromatic heterocycles. The fourth-order valence-electron chi connectivity index (χ4n) is 5.00. The second-order valence-corrected chi connectivity index (χ2v) is 13.5. The van der Waals surface area contributed by atoms with Crippen LogP contribution in [0.4, 0.5) is 13.2 Å². The molecule has 0 N–H and O–H groups in total. The number of carbonyl (C=O) groups excluding carboxylic acids is 2. The molecule has 0 spiro atoms. The molecule has 274 valence electrons. The Kier molecular flexibility index (Phi) is 15.8. The number of benzene rings is 4. The number of aryl methyl sites for hydroxylation is 1. The van der Waals surface area contributed by atoms with Crippen LogP contribution in [0.15, 0.2) is 108 Å². The van der Waals surface area contributed by atoms with Gasteiger partial charge in [-0.2, -0.15) is 13.2 Å². The van der Waals surface area contributed by atoms with Crippen molar-refractivity contribution in [3.63, 3.8) is 0 Å². The van der Waals surface area contributed by atoms with E-state index in [2.05, 4.69) is 9.97 Å². The average Bonchev–Trinajstić information content (AvgIpc) is 3.82. The Morgan fingerprint density at radius 3 is 1.72 bits per heavy atom. The molecule has 0 aliphatic carbocycles. The van der Waals surface area contributed by atoms with Crippen molar-refractivity contribution in [1.82, 2.24) is 9.97 Å². The number of hydrogen-bond acceptors (Lipinski definition) is 10. The molecule has 2 heterocycles. The average molecular weight is 783 g/mol. The number of nitrogens with zero attached hydrogens (tertiary/aromatic N) is 2. The summed E-state index contributed by atoms with van der Waals surface area (Å²) in [5.74, 6) is -0.675. The standard InChI is InChI=1S/C21H18F3NO3S.C19H17NO3S.Na/c1-2-27-20(26)17-13-29-19(25-17)11-15-10-16(21(22,23)24)8-9-18(15)28-12-14-6-4-3-5-7-14;1-13-7-8-17(23-11-14-5-3-2-4-6-14)15(9-13)10-18-20-16(12-24-18)19(21)22;/h3-10,13H,2,11-12H2,1H3;2-9,12H,10-11H2,1H3,(H,21,22);/q;;+1/p-1. The zero-order valence-electron chi connectivity index (χ0n) is 29.7. The zero-order valence-corrected chi connectivity index (χ0v) is 33.4. The van der Waals surface area contributed by atoms with Gasteiger partial charge >= 0.3 is 41.7 Å². The van der Waals surface area contributed by atoms with Crippen molar-refractivity contribution in [3.8, 4) is 11.5 Å². The van der Waals surface area contributed by atoms with E-state index in [1.54, 1.807) is 6.92 Å². The van der Waals surface area contributed by atoms with Gasteiger partial charge in [0, 0.05) is 34.7 Å². The van der Waals surface area contributed by atoms with Gasteiger partial charge < -0.3 is 24.1 Å². The molecule has 0 unspecified atom stereocenters. The van der Waals surface area contributed by atoms with E-state index in [0.29, 0.717) is 29.3 Å². The third kappa shape index (κ3) is 12.5. The molecular weight excluding hydrogens is 749 g/mol. The van der Waals surface area contributed by atoms with Crippen LogP contribution >= 0.6 is 22.7 Å². The van der Waals surface area contributed by atoms with Crippen LogP contribution in [0.3, 0.4) is 0 Å². The molecule has 0 saturated heterocycles. The normalized spacial score (nSPS) is 10.8. The van der Waals surface area contributed by atoms with Gasteiger partial charge in [0.05, 0.1) is 33.8 Å². The summed E-state index contributed by atoms with van der Waals surface area (Å²) in [4.78, 5) is 30.9. The van der Waals surface area contributed by atoms with Crippen molar-refractivity contribution in [2.75, 3.05) is 6.61 Å². The summed E-state index contributed by atoms with van der Waals surface area (Å²) in [7, 11) is 0. The van der Waals surface area contributed by atoms with Crippen molar-refractivity contribution in [2.45, 2.75) is 46.1 Å². The second-order valence-electron chi connectivity index (χ2n) is 11.6. The summed E-state index contributed by atoms with van der Waals surface area (Å²) < 4.78 is 56.1. The number of ether oxygens (including phenoxy) is 3. The van der Waals surface area contributed by atoms with Gasteiger partial charge in [-0.3, -0.25) is 0 Å². The number of carbonyl (C=O) groups is 2. The van der Waals surface area contributed by atoms with Gasteiger partial charge in [-0.15, -0.1) is 22.7 Å². The molecule has 0 bridgehead atoms. The third-order valence-electron chi connectivity index (χ3n) is 7.56. The fourth-order valence-corrected chi connectivity index (χ4v) is 6.57. The SMILES string of the molecule is CCOC(=O)c1csc(Cc2cc(C(F)(F)F)ccc2OCc2ccccc2)n1.Cc1ccc(OCc2ccccc2)c(Cc2nc(C(=O)[O-])cs2)c1.[Na+]. The number of carboxylic acids is 1. The molecule has 8 nitrogen and oxygen atoms in total. The minimum atomic E-state index is -4.47. The smallest absolute Gasteiger partial charge is 0.543 e. The first kappa shape index (κ1) is 42.2. The minimum Gasteiger partial charge on any atom is -0.543 e. The van der Waals surface area contributed by atoms with Crippen molar-refractivity contribution < 1.29 is 71.6 Å². The van der Waals surface area contributed by atoms with E-state index in [1.807, 2.05) is 85.8 Å². The Bertz CT molecular complexity index is 2130. The molecule has 0 radical (unpaired) electrons. The van der Waals surface area contributed by atoms with E-state index in [4.69, 9.17) is 14.2 Å². The molecule has 0 atom stereocenters. The summed E-state index contributed by atoms with van der Waals surface area (Å²) >= 11 is 2.50. The first-order chi connectivity index (χ1) is 25.5. The van der Waals surface area contributed by atoms with Crippen LogP contribution in [0.25, 0.3) is 0 Å². The van der Waals surface area contributed by atoms with Crippen LogP contribution in [-0.4, -0.2) is 28.5 Å². The molecule has 4 aromatic carbocycles. The van der Waals surface area contributed by atoms with E-state index in [1.165, 1.54) is 39.5 Å². The molecule has 0 amide bonds. The summed E-state index contributed by atoms with van der Waals surface area (Å²) in [6.45, 7) is 4.63. The maximum Gasteiger partial charge on any atom is 1.00 e. The van der Waals surface area contributed by atoms with E-state index in [0.717, 1.165) is 45.1 Å². The van der Waals surface area contributed by atoms with Crippen LogP contribution in [0.5, 0.6) is 11.5 Å². The largest absolute Gasteiger partial charge is 1.00 e. The van der Waals surface area contributed by atoms with Crippen LogP contribution < -0.4 is 44.1 Å². The first-order valence-electron chi connectivity index (χ1n) is 16.4. The summed E-state index contributed by atoms with van der Waals surface area (Å²) in [6, 6.07) is 28.7. The number of esters is 1. The predicted octanol–water partition coefficient (Wildman–Crippen LogP) is 5.50. The molecule has 14 heteroatoms. The van der Waals surface area contributed by atoms with Crippen LogP contribution in [0.1, 0.15) is 71.3 Å². The quantitative estimate of drug-likeness (QED) is 0.112. The molecule has 0 aliphatic heterocycles. The van der Waals surface area contributed by atoms with E-state index < -0.39 is 23.7 Å². The third-order valence-corrected chi connectivity index (χ3v) is 9.26. The zero-order chi connectivity index (χ0) is 37.8. The Balaban J connectivity index is 0.000000240. The van der Waals surface area contributed by atoms with E-state index >= 15 is 0 Å². The van der Waals surface area contributed by atoms with Gasteiger partial charge in [-0.05, 0) is 49.2 Å². The number of carboxylic acid groups (broad SMARTS) is 1. The Labute approximate surface area is 340 Å². The van der Waals surface area contributed by atoms with Gasteiger partial charge in [0.15, 0.2) is 5.69 Å². The van der Waals surface area contributed by atoms with Gasteiger partial charge in [0.2, 0.25) is 0 Å². The number of rotatable bonds is 13. The maximum absolute atomic E-state index is 13.2. The van der Waals surface area contributed by atoms with E-state index in [9.17, 15) is 27.9 Å². The molecule has 6 rings (SSSR count). The molecule has 54 heavy (non-hydrogen) atoms. The van der Waals surface area contributed by atoms with Crippen LogP contribution in [-0.2, 0) is 37.0 Å². The van der Waals surface area contributed by atoms with Gasteiger partial charge in [0.25, 0.3) is 0 Å². The molecule has 0 fully saturated rings. The van der Waals surface area contributed by atoms with Crippen molar-refractivity contribution >= 4 is 34.6 Å². The molecular formula is C40H34F3N2NaO6S2. The summed E-state index contributed by atoms with van der Waals surface area (Å²) in [6.07, 6.45) is -3.83. The number of aromatic nitrogens is 2. The Morgan fingerprint density at radius 2 is 1.22 bits per heavy atom. The number of hydrogen-bond donors (Lipinski definition) is 0.